The van der Waals surface area contributed by atoms with E-state index in [4.69, 9.17) is 16.3 Å². The van der Waals surface area contributed by atoms with E-state index in [0.29, 0.717) is 16.1 Å². The molecule has 3 aromatic rings. The zero-order valence-electron chi connectivity index (χ0n) is 13.3. The van der Waals surface area contributed by atoms with E-state index < -0.39 is 12.1 Å². The van der Waals surface area contributed by atoms with Crippen molar-refractivity contribution in [2.24, 2.45) is 0 Å². The van der Waals surface area contributed by atoms with Gasteiger partial charge >= 0.3 is 5.97 Å². The van der Waals surface area contributed by atoms with Crippen LogP contribution in [0.2, 0.25) is 5.02 Å². The molecule has 1 N–H and O–H groups in total. The predicted molar refractivity (Wildman–Crippen MR) is 93.7 cm³/mol. The monoisotopic (exact) mass is 341 g/mol. The van der Waals surface area contributed by atoms with E-state index in [9.17, 15) is 9.59 Å². The van der Waals surface area contributed by atoms with Gasteiger partial charge in [0.25, 0.3) is 0 Å². The standard InChI is InChI=1S/C19H16ClNO3/c1-11-17(15-5-3-4-6-16(15)21-11)18(22)12(2)24-19(23)13-7-9-14(20)10-8-13/h3-10,12,21H,1-2H3/t12-/m1/s1. The van der Waals surface area contributed by atoms with Crippen molar-refractivity contribution in [2.45, 2.75) is 20.0 Å². The molecule has 24 heavy (non-hydrogen) atoms. The first kappa shape index (κ1) is 16.3. The Bertz CT molecular complexity index is 912. The minimum Gasteiger partial charge on any atom is -0.451 e. The Labute approximate surface area is 144 Å². The summed E-state index contributed by atoms with van der Waals surface area (Å²) in [6, 6.07) is 13.9. The van der Waals surface area contributed by atoms with Gasteiger partial charge in [-0.1, -0.05) is 29.8 Å². The topological polar surface area (TPSA) is 59.2 Å². The maximum absolute atomic E-state index is 12.7. The minimum absolute atomic E-state index is 0.229. The number of hydrogen-bond donors (Lipinski definition) is 1. The van der Waals surface area contributed by atoms with Crippen molar-refractivity contribution in [1.82, 2.24) is 4.98 Å². The molecule has 0 spiro atoms. The first-order chi connectivity index (χ1) is 11.5. The van der Waals surface area contributed by atoms with Crippen LogP contribution in [-0.4, -0.2) is 22.8 Å². The lowest BCUT2D eigenvalue weighted by Gasteiger charge is -2.12. The number of H-pyrrole nitrogens is 1. The number of para-hydroxylation sites is 1. The van der Waals surface area contributed by atoms with Crippen molar-refractivity contribution in [1.29, 1.82) is 0 Å². The minimum atomic E-state index is -0.883. The van der Waals surface area contributed by atoms with Crippen LogP contribution < -0.4 is 0 Å². The van der Waals surface area contributed by atoms with E-state index in [0.717, 1.165) is 16.6 Å². The Hall–Kier alpha value is -2.59. The fourth-order valence-corrected chi connectivity index (χ4v) is 2.79. The quantitative estimate of drug-likeness (QED) is 0.559. The molecule has 1 heterocycles. The molecule has 0 saturated carbocycles. The van der Waals surface area contributed by atoms with Gasteiger partial charge in [0.05, 0.1) is 5.56 Å². The summed E-state index contributed by atoms with van der Waals surface area (Å²) >= 11 is 5.80. The number of aryl methyl sites for hydroxylation is 1. The number of aromatic amines is 1. The molecule has 0 bridgehead atoms. The maximum Gasteiger partial charge on any atom is 0.338 e. The van der Waals surface area contributed by atoms with Gasteiger partial charge in [0.15, 0.2) is 6.10 Å². The number of carbonyl (C=O) groups excluding carboxylic acids is 2. The Morgan fingerprint density at radius 3 is 2.46 bits per heavy atom. The molecular weight excluding hydrogens is 326 g/mol. The maximum atomic E-state index is 12.7. The van der Waals surface area contributed by atoms with Crippen LogP contribution in [-0.2, 0) is 4.74 Å². The van der Waals surface area contributed by atoms with E-state index >= 15 is 0 Å². The van der Waals surface area contributed by atoms with Gasteiger partial charge in [-0.2, -0.15) is 0 Å². The summed E-state index contributed by atoms with van der Waals surface area (Å²) < 4.78 is 5.32. The number of ether oxygens (including phenoxy) is 1. The molecule has 0 radical (unpaired) electrons. The Morgan fingerprint density at radius 2 is 1.75 bits per heavy atom. The Morgan fingerprint density at radius 1 is 1.08 bits per heavy atom. The molecule has 0 aliphatic carbocycles. The smallest absolute Gasteiger partial charge is 0.338 e. The van der Waals surface area contributed by atoms with Crippen LogP contribution in [0.5, 0.6) is 0 Å². The third-order valence-electron chi connectivity index (χ3n) is 3.87. The lowest BCUT2D eigenvalue weighted by Crippen LogP contribution is -2.24. The number of Topliss-reactive ketones (excluding diaryl/α,β-unsaturated/α-hetero) is 1. The van der Waals surface area contributed by atoms with E-state index in [1.165, 1.54) is 0 Å². The van der Waals surface area contributed by atoms with Crippen molar-refractivity contribution < 1.29 is 14.3 Å². The molecule has 0 aliphatic heterocycles. The van der Waals surface area contributed by atoms with Crippen molar-refractivity contribution in [3.05, 3.63) is 70.4 Å². The average molecular weight is 342 g/mol. The zero-order valence-corrected chi connectivity index (χ0v) is 14.1. The summed E-state index contributed by atoms with van der Waals surface area (Å²) in [7, 11) is 0. The van der Waals surface area contributed by atoms with Gasteiger partial charge in [0, 0.05) is 27.2 Å². The molecule has 0 unspecified atom stereocenters. The van der Waals surface area contributed by atoms with Gasteiger partial charge in [-0.05, 0) is 44.2 Å². The predicted octanol–water partition coefficient (Wildman–Crippen LogP) is 4.56. The molecule has 0 saturated heterocycles. The number of benzene rings is 2. The summed E-state index contributed by atoms with van der Waals surface area (Å²) in [5.41, 5.74) is 2.56. The van der Waals surface area contributed by atoms with Crippen molar-refractivity contribution in [3.8, 4) is 0 Å². The van der Waals surface area contributed by atoms with Gasteiger partial charge < -0.3 is 9.72 Å². The molecular formula is C19H16ClNO3. The van der Waals surface area contributed by atoms with Gasteiger partial charge in [-0.15, -0.1) is 0 Å². The molecule has 122 valence electrons. The molecule has 0 fully saturated rings. The van der Waals surface area contributed by atoms with E-state index in [1.807, 2.05) is 31.2 Å². The number of hydrogen-bond acceptors (Lipinski definition) is 3. The number of rotatable bonds is 4. The van der Waals surface area contributed by atoms with Crippen LogP contribution >= 0.6 is 11.6 Å². The van der Waals surface area contributed by atoms with Crippen LogP contribution in [0, 0.1) is 6.92 Å². The first-order valence-corrected chi connectivity index (χ1v) is 7.93. The number of esters is 1. The average Bonchev–Trinajstić information content (AvgIpc) is 2.90. The first-order valence-electron chi connectivity index (χ1n) is 7.55. The zero-order chi connectivity index (χ0) is 17.3. The van der Waals surface area contributed by atoms with Gasteiger partial charge in [0.1, 0.15) is 0 Å². The highest BCUT2D eigenvalue weighted by molar-refractivity contribution is 6.30. The molecule has 0 aliphatic rings. The molecule has 2 aromatic carbocycles. The third-order valence-corrected chi connectivity index (χ3v) is 4.12. The van der Waals surface area contributed by atoms with Crippen LogP contribution in [0.1, 0.15) is 33.3 Å². The Balaban J connectivity index is 1.82. The second-order valence-corrected chi connectivity index (χ2v) is 6.03. The van der Waals surface area contributed by atoms with Crippen LogP contribution in [0.3, 0.4) is 0 Å². The number of aromatic nitrogens is 1. The van der Waals surface area contributed by atoms with Crippen molar-refractivity contribution in [3.63, 3.8) is 0 Å². The SMILES string of the molecule is Cc1[nH]c2ccccc2c1C(=O)[C@@H](C)OC(=O)c1ccc(Cl)cc1. The third kappa shape index (κ3) is 3.05. The highest BCUT2D eigenvalue weighted by Crippen LogP contribution is 2.24. The van der Waals surface area contributed by atoms with Crippen LogP contribution in [0.25, 0.3) is 10.9 Å². The largest absolute Gasteiger partial charge is 0.451 e. The molecule has 1 aromatic heterocycles. The van der Waals surface area contributed by atoms with E-state index in [1.54, 1.807) is 31.2 Å². The molecule has 3 rings (SSSR count). The van der Waals surface area contributed by atoms with Gasteiger partial charge in [-0.3, -0.25) is 4.79 Å². The van der Waals surface area contributed by atoms with Crippen LogP contribution in [0.4, 0.5) is 0 Å². The summed E-state index contributed by atoms with van der Waals surface area (Å²) in [6.07, 6.45) is -0.883. The molecule has 1 atom stereocenters. The number of nitrogens with one attached hydrogen (secondary N) is 1. The highest BCUT2D eigenvalue weighted by atomic mass is 35.5. The van der Waals surface area contributed by atoms with Crippen molar-refractivity contribution >= 4 is 34.3 Å². The lowest BCUT2D eigenvalue weighted by molar-refractivity contribution is 0.0319. The fourth-order valence-electron chi connectivity index (χ4n) is 2.67. The summed E-state index contributed by atoms with van der Waals surface area (Å²) in [5.74, 6) is -0.780. The Kier molecular flexibility index (Phi) is 4.40. The van der Waals surface area contributed by atoms with E-state index in [2.05, 4.69) is 4.98 Å². The summed E-state index contributed by atoms with van der Waals surface area (Å²) in [6.45, 7) is 3.42. The van der Waals surface area contributed by atoms with Gasteiger partial charge in [-0.25, -0.2) is 4.79 Å². The fraction of sp³-hybridized carbons (Fsp3) is 0.158. The van der Waals surface area contributed by atoms with Crippen molar-refractivity contribution in [2.75, 3.05) is 0 Å². The highest BCUT2D eigenvalue weighted by Gasteiger charge is 2.24. The number of halogens is 1. The van der Waals surface area contributed by atoms with Gasteiger partial charge in [0.2, 0.25) is 5.78 Å². The molecule has 4 nitrogen and oxygen atoms in total. The number of ketones is 1. The second kappa shape index (κ2) is 6.49. The number of carbonyl (C=O) groups is 2. The second-order valence-electron chi connectivity index (χ2n) is 5.59. The lowest BCUT2D eigenvalue weighted by atomic mass is 10.0. The van der Waals surface area contributed by atoms with Crippen LogP contribution in [0.15, 0.2) is 48.5 Å². The molecule has 0 amide bonds. The van der Waals surface area contributed by atoms with E-state index in [-0.39, 0.29) is 5.78 Å². The normalized spacial score (nSPS) is 12.1. The number of fused-ring (bicyclic) bond motifs is 1. The summed E-state index contributed by atoms with van der Waals surface area (Å²) in [4.78, 5) is 28.1. The molecule has 5 heteroatoms. The summed E-state index contributed by atoms with van der Waals surface area (Å²) in [5, 5.41) is 1.36.